The van der Waals surface area contributed by atoms with Crippen LogP contribution in [0.4, 0.5) is 20.4 Å². The Labute approximate surface area is 167 Å². The number of nitrogens with zero attached hydrogens (tertiary/aromatic N) is 5. The van der Waals surface area contributed by atoms with Crippen LogP contribution in [0.15, 0.2) is 30.6 Å². The summed E-state index contributed by atoms with van der Waals surface area (Å²) in [5, 5.41) is 7.78. The van der Waals surface area contributed by atoms with Gasteiger partial charge in [-0.3, -0.25) is 0 Å². The number of hydrogen-bond donors (Lipinski definition) is 1. The lowest BCUT2D eigenvalue weighted by molar-refractivity contribution is -0.0118. The van der Waals surface area contributed by atoms with E-state index in [1.807, 2.05) is 13.0 Å². The van der Waals surface area contributed by atoms with Gasteiger partial charge in [0.15, 0.2) is 5.65 Å². The predicted molar refractivity (Wildman–Crippen MR) is 107 cm³/mol. The molecule has 0 atom stereocenters. The van der Waals surface area contributed by atoms with Gasteiger partial charge in [0.25, 0.3) is 5.92 Å². The molecule has 1 aliphatic rings. The fraction of sp³-hybridized carbons (Fsp3) is 0.450. The molecule has 3 aromatic heterocycles. The van der Waals surface area contributed by atoms with Crippen molar-refractivity contribution in [2.45, 2.75) is 38.7 Å². The van der Waals surface area contributed by atoms with Crippen molar-refractivity contribution in [1.29, 1.82) is 0 Å². The number of nitrogens with one attached hydrogen (secondary N) is 1. The van der Waals surface area contributed by atoms with Crippen molar-refractivity contribution >= 4 is 17.3 Å². The van der Waals surface area contributed by atoms with Crippen LogP contribution in [0.1, 0.15) is 30.9 Å². The Kier molecular flexibility index (Phi) is 5.21. The average molecular weight is 402 g/mol. The summed E-state index contributed by atoms with van der Waals surface area (Å²) in [7, 11) is 1.57. The summed E-state index contributed by atoms with van der Waals surface area (Å²) in [5.41, 5.74) is 2.63. The second-order valence-corrected chi connectivity index (χ2v) is 7.20. The number of ether oxygens (including phenoxy) is 1. The summed E-state index contributed by atoms with van der Waals surface area (Å²) in [6, 6.07) is 5.51. The Hall–Kier alpha value is -2.97. The molecule has 0 unspecified atom stereocenters. The third kappa shape index (κ3) is 4.08. The van der Waals surface area contributed by atoms with E-state index in [1.165, 1.54) is 0 Å². The van der Waals surface area contributed by atoms with Gasteiger partial charge in [-0.2, -0.15) is 9.61 Å². The Morgan fingerprint density at radius 1 is 1.28 bits per heavy atom. The van der Waals surface area contributed by atoms with Gasteiger partial charge in [-0.15, -0.1) is 0 Å². The van der Waals surface area contributed by atoms with Gasteiger partial charge in [-0.25, -0.2) is 18.7 Å². The lowest BCUT2D eigenvalue weighted by Gasteiger charge is -2.33. The van der Waals surface area contributed by atoms with Gasteiger partial charge in [0.2, 0.25) is 5.88 Å². The van der Waals surface area contributed by atoms with Crippen LogP contribution in [0, 0.1) is 0 Å². The number of aromatic nitrogens is 4. The summed E-state index contributed by atoms with van der Waals surface area (Å²) in [5.74, 6) is -0.896. The topological polar surface area (TPSA) is 67.6 Å². The Morgan fingerprint density at radius 2 is 2.14 bits per heavy atom. The minimum Gasteiger partial charge on any atom is -0.481 e. The van der Waals surface area contributed by atoms with E-state index in [0.29, 0.717) is 42.7 Å². The summed E-state index contributed by atoms with van der Waals surface area (Å²) in [4.78, 5) is 10.5. The van der Waals surface area contributed by atoms with Crippen molar-refractivity contribution in [3.63, 3.8) is 0 Å². The van der Waals surface area contributed by atoms with Crippen molar-refractivity contribution in [2.24, 2.45) is 0 Å². The van der Waals surface area contributed by atoms with Gasteiger partial charge in [0, 0.05) is 43.4 Å². The van der Waals surface area contributed by atoms with Crippen LogP contribution in [0.25, 0.3) is 5.65 Å². The molecule has 0 bridgehead atoms. The number of piperidine rings is 1. The van der Waals surface area contributed by atoms with Crippen molar-refractivity contribution < 1.29 is 13.5 Å². The number of methoxy groups -OCH3 is 1. The van der Waals surface area contributed by atoms with E-state index >= 15 is 0 Å². The zero-order valence-electron chi connectivity index (χ0n) is 16.5. The van der Waals surface area contributed by atoms with E-state index in [1.54, 1.807) is 41.1 Å². The molecule has 1 aliphatic heterocycles. The van der Waals surface area contributed by atoms with E-state index in [-0.39, 0.29) is 13.0 Å². The Bertz CT molecular complexity index is 989. The second kappa shape index (κ2) is 7.81. The van der Waals surface area contributed by atoms with Crippen molar-refractivity contribution in [3.05, 3.63) is 41.7 Å². The summed E-state index contributed by atoms with van der Waals surface area (Å²) in [6.45, 7) is 2.79. The highest BCUT2D eigenvalue weighted by Crippen LogP contribution is 2.31. The second-order valence-electron chi connectivity index (χ2n) is 7.20. The molecular formula is C20H24F2N6O. The number of fused-ring (bicyclic) bond motifs is 1. The fourth-order valence-corrected chi connectivity index (χ4v) is 3.52. The zero-order chi connectivity index (χ0) is 20.4. The van der Waals surface area contributed by atoms with Crippen LogP contribution >= 0.6 is 0 Å². The number of alkyl halides is 2. The third-order valence-electron chi connectivity index (χ3n) is 5.11. The number of anilines is 2. The molecule has 1 saturated heterocycles. The molecule has 0 radical (unpaired) electrons. The van der Waals surface area contributed by atoms with Crippen molar-refractivity contribution in [1.82, 2.24) is 19.6 Å². The van der Waals surface area contributed by atoms with E-state index in [4.69, 9.17) is 4.74 Å². The first-order valence-electron chi connectivity index (χ1n) is 9.72. The number of aryl methyl sites for hydroxylation is 1. The molecule has 0 aromatic carbocycles. The highest BCUT2D eigenvalue weighted by molar-refractivity contribution is 5.61. The quantitative estimate of drug-likeness (QED) is 0.680. The first kappa shape index (κ1) is 19.4. The van der Waals surface area contributed by atoms with Gasteiger partial charge < -0.3 is 15.0 Å². The van der Waals surface area contributed by atoms with Gasteiger partial charge >= 0.3 is 0 Å². The first-order chi connectivity index (χ1) is 14.0. The van der Waals surface area contributed by atoms with Crippen LogP contribution in [0.5, 0.6) is 5.88 Å². The molecule has 1 N–H and O–H groups in total. The van der Waals surface area contributed by atoms with Crippen molar-refractivity contribution in [3.8, 4) is 5.88 Å². The van der Waals surface area contributed by atoms with Crippen LogP contribution < -0.4 is 15.0 Å². The molecule has 7 nitrogen and oxygen atoms in total. The average Bonchev–Trinajstić information content (AvgIpc) is 3.15. The minimum atomic E-state index is -2.69. The molecular weight excluding hydrogens is 378 g/mol. The third-order valence-corrected chi connectivity index (χ3v) is 5.11. The normalized spacial score (nSPS) is 16.2. The predicted octanol–water partition coefficient (Wildman–Crippen LogP) is 3.54. The molecule has 29 heavy (non-hydrogen) atoms. The zero-order valence-corrected chi connectivity index (χ0v) is 16.5. The van der Waals surface area contributed by atoms with Crippen LogP contribution in [-0.4, -0.2) is 45.7 Å². The number of rotatable bonds is 6. The fourth-order valence-electron chi connectivity index (χ4n) is 3.52. The lowest BCUT2D eigenvalue weighted by atomic mass is 10.1. The summed E-state index contributed by atoms with van der Waals surface area (Å²) in [6.07, 6.45) is 4.64. The molecule has 9 heteroatoms. The standard InChI is InChI=1S/C20H24F2N6O/c1-3-15-12-25-28-16(23-10-14-5-6-18(29-2)24-11-14)9-17(26-19(15)28)27-8-4-7-20(21,22)13-27/h5-6,9,11-12,23H,3-4,7-8,10,13H2,1-2H3. The number of halogens is 2. The molecule has 4 heterocycles. The largest absolute Gasteiger partial charge is 0.481 e. The van der Waals surface area contributed by atoms with E-state index in [9.17, 15) is 8.78 Å². The van der Waals surface area contributed by atoms with E-state index < -0.39 is 5.92 Å². The molecule has 3 aromatic rings. The van der Waals surface area contributed by atoms with E-state index in [2.05, 4.69) is 20.4 Å². The van der Waals surface area contributed by atoms with Gasteiger partial charge in [0.1, 0.15) is 11.6 Å². The Morgan fingerprint density at radius 3 is 2.83 bits per heavy atom. The van der Waals surface area contributed by atoms with Gasteiger partial charge in [-0.1, -0.05) is 13.0 Å². The summed E-state index contributed by atoms with van der Waals surface area (Å²) < 4.78 is 34.7. The monoisotopic (exact) mass is 402 g/mol. The SMILES string of the molecule is CCc1cnn2c(NCc3ccc(OC)nc3)cc(N3CCCC(F)(F)C3)nc12. The van der Waals surface area contributed by atoms with E-state index in [0.717, 1.165) is 17.5 Å². The molecule has 0 amide bonds. The maximum atomic E-state index is 14.0. The van der Waals surface area contributed by atoms with Crippen LogP contribution in [0.3, 0.4) is 0 Å². The minimum absolute atomic E-state index is 0.0752. The lowest BCUT2D eigenvalue weighted by Crippen LogP contribution is -2.43. The number of pyridine rings is 1. The van der Waals surface area contributed by atoms with Crippen LogP contribution in [-0.2, 0) is 13.0 Å². The van der Waals surface area contributed by atoms with Gasteiger partial charge in [0.05, 0.1) is 19.9 Å². The van der Waals surface area contributed by atoms with Crippen LogP contribution in [0.2, 0.25) is 0 Å². The molecule has 154 valence electrons. The molecule has 0 aliphatic carbocycles. The number of hydrogen-bond acceptors (Lipinski definition) is 6. The van der Waals surface area contributed by atoms with Gasteiger partial charge in [-0.05, 0) is 18.4 Å². The highest BCUT2D eigenvalue weighted by atomic mass is 19.3. The molecule has 0 spiro atoms. The molecule has 4 rings (SSSR count). The smallest absolute Gasteiger partial charge is 0.265 e. The first-order valence-corrected chi connectivity index (χ1v) is 9.72. The maximum Gasteiger partial charge on any atom is 0.265 e. The maximum absolute atomic E-state index is 14.0. The molecule has 0 saturated carbocycles. The highest BCUT2D eigenvalue weighted by Gasteiger charge is 2.36. The van der Waals surface area contributed by atoms with Crippen molar-refractivity contribution in [2.75, 3.05) is 30.4 Å². The Balaban J connectivity index is 1.65. The summed E-state index contributed by atoms with van der Waals surface area (Å²) >= 11 is 0. The molecule has 1 fully saturated rings.